The van der Waals surface area contributed by atoms with Gasteiger partial charge in [-0.15, -0.1) is 0 Å². The topological polar surface area (TPSA) is 105 Å². The van der Waals surface area contributed by atoms with E-state index in [2.05, 4.69) is 5.43 Å². The maximum absolute atomic E-state index is 12.5. The zero-order valence-electron chi connectivity index (χ0n) is 11.2. The maximum atomic E-state index is 12.5. The SMILES string of the molecule is CC1CN(S(=O)(=O)c2ccc(NN)cc2)CC(CO)O1. The molecular weight excluding hydrogens is 282 g/mol. The van der Waals surface area contributed by atoms with Crippen molar-refractivity contribution in [3.05, 3.63) is 24.3 Å². The van der Waals surface area contributed by atoms with Crippen molar-refractivity contribution in [2.24, 2.45) is 5.84 Å². The summed E-state index contributed by atoms with van der Waals surface area (Å²) in [6.07, 6.45) is -0.737. The molecule has 2 rings (SSSR count). The van der Waals surface area contributed by atoms with Crippen LogP contribution in [0.2, 0.25) is 0 Å². The first-order valence-electron chi connectivity index (χ1n) is 6.30. The predicted molar refractivity (Wildman–Crippen MR) is 74.4 cm³/mol. The highest BCUT2D eigenvalue weighted by atomic mass is 32.2. The van der Waals surface area contributed by atoms with Crippen LogP contribution in [0.1, 0.15) is 6.92 Å². The number of aliphatic hydroxyl groups excluding tert-OH is 1. The van der Waals surface area contributed by atoms with Gasteiger partial charge in [-0.1, -0.05) is 0 Å². The number of hydrogen-bond donors (Lipinski definition) is 3. The molecule has 0 aliphatic carbocycles. The van der Waals surface area contributed by atoms with Crippen molar-refractivity contribution in [1.82, 2.24) is 4.31 Å². The van der Waals surface area contributed by atoms with Crippen LogP contribution in [0.3, 0.4) is 0 Å². The lowest BCUT2D eigenvalue weighted by atomic mass is 10.2. The molecule has 0 saturated carbocycles. The minimum atomic E-state index is -3.59. The molecule has 20 heavy (non-hydrogen) atoms. The van der Waals surface area contributed by atoms with Crippen molar-refractivity contribution in [2.75, 3.05) is 25.1 Å². The van der Waals surface area contributed by atoms with Crippen LogP contribution in [0.4, 0.5) is 5.69 Å². The molecule has 1 aliphatic heterocycles. The Bertz CT molecular complexity index is 546. The molecule has 2 atom stereocenters. The summed E-state index contributed by atoms with van der Waals surface area (Å²) in [5.74, 6) is 5.25. The second kappa shape index (κ2) is 6.06. The van der Waals surface area contributed by atoms with Gasteiger partial charge in [0.25, 0.3) is 0 Å². The minimum absolute atomic E-state index is 0.153. The van der Waals surface area contributed by atoms with Crippen LogP contribution in [-0.4, -0.2) is 49.7 Å². The molecule has 1 aromatic carbocycles. The van der Waals surface area contributed by atoms with Gasteiger partial charge >= 0.3 is 0 Å². The molecule has 2 unspecified atom stereocenters. The summed E-state index contributed by atoms with van der Waals surface area (Å²) < 4.78 is 31.9. The molecule has 0 amide bonds. The van der Waals surface area contributed by atoms with Crippen LogP contribution in [0.15, 0.2) is 29.2 Å². The number of ether oxygens (including phenoxy) is 1. The number of nitrogens with zero attached hydrogens (tertiary/aromatic N) is 1. The summed E-state index contributed by atoms with van der Waals surface area (Å²) in [7, 11) is -3.59. The third kappa shape index (κ3) is 3.10. The fourth-order valence-corrected chi connectivity index (χ4v) is 3.72. The van der Waals surface area contributed by atoms with Crippen LogP contribution in [0.25, 0.3) is 0 Å². The van der Waals surface area contributed by atoms with E-state index in [0.717, 1.165) is 0 Å². The first kappa shape index (κ1) is 15.2. The molecule has 1 saturated heterocycles. The smallest absolute Gasteiger partial charge is 0.243 e. The lowest BCUT2D eigenvalue weighted by molar-refractivity contribution is -0.0750. The Morgan fingerprint density at radius 1 is 1.40 bits per heavy atom. The number of nitrogens with one attached hydrogen (secondary N) is 1. The number of nitrogens with two attached hydrogens (primary N) is 1. The summed E-state index contributed by atoms with van der Waals surface area (Å²) >= 11 is 0. The van der Waals surface area contributed by atoms with Crippen LogP contribution < -0.4 is 11.3 Å². The molecule has 0 aromatic heterocycles. The lowest BCUT2D eigenvalue weighted by Gasteiger charge is -2.35. The number of hydrazine groups is 1. The number of rotatable bonds is 4. The molecule has 112 valence electrons. The molecule has 0 spiro atoms. The van der Waals surface area contributed by atoms with Crippen LogP contribution in [0, 0.1) is 0 Å². The van der Waals surface area contributed by atoms with Crippen molar-refractivity contribution in [3.63, 3.8) is 0 Å². The van der Waals surface area contributed by atoms with E-state index >= 15 is 0 Å². The van der Waals surface area contributed by atoms with E-state index in [1.165, 1.54) is 16.4 Å². The fourth-order valence-electron chi connectivity index (χ4n) is 2.17. The van der Waals surface area contributed by atoms with E-state index in [9.17, 15) is 8.42 Å². The second-order valence-corrected chi connectivity index (χ2v) is 6.68. The van der Waals surface area contributed by atoms with E-state index in [4.69, 9.17) is 15.7 Å². The Hall–Kier alpha value is -1.19. The van der Waals surface area contributed by atoms with Gasteiger partial charge in [0.2, 0.25) is 10.0 Å². The molecule has 7 nitrogen and oxygen atoms in total. The maximum Gasteiger partial charge on any atom is 0.243 e. The third-order valence-corrected chi connectivity index (χ3v) is 5.00. The van der Waals surface area contributed by atoms with Crippen LogP contribution >= 0.6 is 0 Å². The van der Waals surface area contributed by atoms with Crippen molar-refractivity contribution < 1.29 is 18.3 Å². The first-order chi connectivity index (χ1) is 9.47. The van der Waals surface area contributed by atoms with Gasteiger partial charge in [-0.25, -0.2) is 8.42 Å². The number of nitrogen functional groups attached to an aromatic ring is 1. The number of hydrogen-bond acceptors (Lipinski definition) is 6. The summed E-state index contributed by atoms with van der Waals surface area (Å²) in [6, 6.07) is 6.19. The van der Waals surface area contributed by atoms with Crippen molar-refractivity contribution in [1.29, 1.82) is 0 Å². The van der Waals surface area contributed by atoms with E-state index in [1.807, 2.05) is 0 Å². The lowest BCUT2D eigenvalue weighted by Crippen LogP contribution is -2.50. The summed E-state index contributed by atoms with van der Waals surface area (Å²) in [4.78, 5) is 0.197. The number of morpholine rings is 1. The molecule has 1 aromatic rings. The van der Waals surface area contributed by atoms with E-state index in [0.29, 0.717) is 5.69 Å². The van der Waals surface area contributed by atoms with Gasteiger partial charge in [0, 0.05) is 18.8 Å². The van der Waals surface area contributed by atoms with Gasteiger partial charge in [0.15, 0.2) is 0 Å². The van der Waals surface area contributed by atoms with Crippen LogP contribution in [0.5, 0.6) is 0 Å². The second-order valence-electron chi connectivity index (χ2n) is 4.74. The Morgan fingerprint density at radius 3 is 2.60 bits per heavy atom. The summed E-state index contributed by atoms with van der Waals surface area (Å²) in [5.41, 5.74) is 3.08. The number of sulfonamides is 1. The molecular formula is C12H19N3O4S. The van der Waals surface area contributed by atoms with Gasteiger partial charge in [-0.2, -0.15) is 4.31 Å². The number of aliphatic hydroxyl groups is 1. The molecule has 0 bridgehead atoms. The normalized spacial score (nSPS) is 24.6. The fraction of sp³-hybridized carbons (Fsp3) is 0.500. The van der Waals surface area contributed by atoms with Gasteiger partial charge in [-0.3, -0.25) is 5.84 Å². The monoisotopic (exact) mass is 301 g/mol. The Labute approximate surface area is 118 Å². The Kier molecular flexibility index (Phi) is 4.61. The molecule has 0 radical (unpaired) electrons. The average molecular weight is 301 g/mol. The highest BCUT2D eigenvalue weighted by molar-refractivity contribution is 7.89. The van der Waals surface area contributed by atoms with E-state index in [1.54, 1.807) is 19.1 Å². The predicted octanol–water partition coefficient (Wildman–Crippen LogP) is -0.257. The highest BCUT2D eigenvalue weighted by Crippen LogP contribution is 2.22. The summed E-state index contributed by atoms with van der Waals surface area (Å²) in [6.45, 7) is 2.01. The Morgan fingerprint density at radius 2 is 2.05 bits per heavy atom. The zero-order valence-corrected chi connectivity index (χ0v) is 12.0. The number of anilines is 1. The zero-order chi connectivity index (χ0) is 14.8. The quantitative estimate of drug-likeness (QED) is 0.523. The number of benzene rings is 1. The van der Waals surface area contributed by atoms with Crippen molar-refractivity contribution in [2.45, 2.75) is 24.0 Å². The first-order valence-corrected chi connectivity index (χ1v) is 7.74. The van der Waals surface area contributed by atoms with Crippen molar-refractivity contribution >= 4 is 15.7 Å². The standard InChI is InChI=1S/C12H19N3O4S/c1-9-6-15(7-11(8-16)19-9)20(17,18)12-4-2-10(14-13)3-5-12/h2-5,9,11,14,16H,6-8,13H2,1H3. The molecule has 4 N–H and O–H groups in total. The third-order valence-electron chi connectivity index (χ3n) is 3.16. The Balaban J connectivity index is 2.24. The largest absolute Gasteiger partial charge is 0.394 e. The average Bonchev–Trinajstić information content (AvgIpc) is 2.46. The molecule has 1 fully saturated rings. The van der Waals surface area contributed by atoms with Gasteiger partial charge in [0.1, 0.15) is 0 Å². The van der Waals surface area contributed by atoms with E-state index in [-0.39, 0.29) is 30.7 Å². The molecule has 8 heteroatoms. The minimum Gasteiger partial charge on any atom is -0.394 e. The van der Waals surface area contributed by atoms with Gasteiger partial charge in [-0.05, 0) is 31.2 Å². The van der Waals surface area contributed by atoms with Gasteiger partial charge < -0.3 is 15.3 Å². The highest BCUT2D eigenvalue weighted by Gasteiger charge is 2.33. The van der Waals surface area contributed by atoms with Gasteiger partial charge in [0.05, 0.1) is 23.7 Å². The summed E-state index contributed by atoms with van der Waals surface area (Å²) in [5, 5.41) is 9.16. The molecule has 1 heterocycles. The molecule has 1 aliphatic rings. The van der Waals surface area contributed by atoms with E-state index < -0.39 is 16.1 Å². The van der Waals surface area contributed by atoms with Crippen molar-refractivity contribution in [3.8, 4) is 0 Å². The van der Waals surface area contributed by atoms with Crippen LogP contribution in [-0.2, 0) is 14.8 Å².